The van der Waals surface area contributed by atoms with Crippen LogP contribution in [0, 0.1) is 6.92 Å². The number of hydrogen-bond donors (Lipinski definition) is 0. The fraction of sp³-hybridized carbons (Fsp3) is 0.316. The third-order valence-electron chi connectivity index (χ3n) is 3.47. The summed E-state index contributed by atoms with van der Waals surface area (Å²) in [5.41, 5.74) is 1.99. The van der Waals surface area contributed by atoms with Crippen molar-refractivity contribution in [3.8, 4) is 0 Å². The van der Waals surface area contributed by atoms with Crippen molar-refractivity contribution in [2.24, 2.45) is 4.40 Å². The van der Waals surface area contributed by atoms with Crippen LogP contribution in [0.1, 0.15) is 11.1 Å². The number of sulfonamides is 1. The lowest BCUT2D eigenvalue weighted by atomic mass is 10.2. The van der Waals surface area contributed by atoms with Crippen LogP contribution in [-0.2, 0) is 21.4 Å². The predicted molar refractivity (Wildman–Crippen MR) is 105 cm³/mol. The van der Waals surface area contributed by atoms with Crippen molar-refractivity contribution in [3.63, 3.8) is 0 Å². The molecule has 2 aromatic carbocycles. The Morgan fingerprint density at radius 1 is 1.00 bits per heavy atom. The standard InChI is InChI=1S/C19H25NO3SSi/c1-16-10-12-18(13-11-16)24(21,22)20-19(15-25(2,3)4)23-14-17-8-6-5-7-9-17/h5-13H,14-15H2,1-4H3/b20-19-. The molecule has 0 radical (unpaired) electrons. The zero-order chi connectivity index (χ0) is 18.5. The lowest BCUT2D eigenvalue weighted by Gasteiger charge is -2.18. The fourth-order valence-electron chi connectivity index (χ4n) is 2.20. The van der Waals surface area contributed by atoms with E-state index in [1.54, 1.807) is 24.3 Å². The highest BCUT2D eigenvalue weighted by atomic mass is 32.2. The Morgan fingerprint density at radius 2 is 1.60 bits per heavy atom. The van der Waals surface area contributed by atoms with Gasteiger partial charge >= 0.3 is 0 Å². The van der Waals surface area contributed by atoms with Crippen LogP contribution in [0.2, 0.25) is 25.7 Å². The van der Waals surface area contributed by atoms with Gasteiger partial charge in [-0.05, 0) is 24.6 Å². The van der Waals surface area contributed by atoms with Gasteiger partial charge in [0.15, 0.2) is 5.90 Å². The third kappa shape index (κ3) is 6.47. The van der Waals surface area contributed by atoms with Crippen molar-refractivity contribution in [3.05, 3.63) is 65.7 Å². The van der Waals surface area contributed by atoms with Crippen LogP contribution in [0.25, 0.3) is 0 Å². The second kappa shape index (κ2) is 7.97. The molecule has 0 heterocycles. The summed E-state index contributed by atoms with van der Waals surface area (Å²) in [7, 11) is -5.36. The van der Waals surface area contributed by atoms with Crippen LogP contribution < -0.4 is 0 Å². The summed E-state index contributed by atoms with van der Waals surface area (Å²) in [5, 5.41) is 0. The van der Waals surface area contributed by atoms with E-state index in [0.29, 0.717) is 18.5 Å². The number of rotatable bonds is 6. The molecule has 0 saturated heterocycles. The molecule has 0 N–H and O–H groups in total. The summed E-state index contributed by atoms with van der Waals surface area (Å²) in [4.78, 5) is 0.189. The monoisotopic (exact) mass is 375 g/mol. The molecule has 0 aliphatic rings. The topological polar surface area (TPSA) is 55.7 Å². The molecule has 0 aliphatic carbocycles. The van der Waals surface area contributed by atoms with E-state index in [1.165, 1.54) is 0 Å². The van der Waals surface area contributed by atoms with Gasteiger partial charge in [0.2, 0.25) is 0 Å². The van der Waals surface area contributed by atoms with Crippen molar-refractivity contribution >= 4 is 24.0 Å². The number of nitrogens with zero attached hydrogens (tertiary/aromatic N) is 1. The average Bonchev–Trinajstić information content (AvgIpc) is 2.52. The minimum Gasteiger partial charge on any atom is -0.476 e. The van der Waals surface area contributed by atoms with Crippen molar-refractivity contribution in [1.82, 2.24) is 0 Å². The molecule has 0 bridgehead atoms. The van der Waals surface area contributed by atoms with E-state index in [2.05, 4.69) is 24.0 Å². The first-order chi connectivity index (χ1) is 11.7. The number of hydrogen-bond acceptors (Lipinski definition) is 3. The van der Waals surface area contributed by atoms with Gasteiger partial charge < -0.3 is 4.74 Å². The Balaban J connectivity index is 2.26. The van der Waals surface area contributed by atoms with Crippen molar-refractivity contribution in [2.75, 3.05) is 0 Å². The van der Waals surface area contributed by atoms with Crippen molar-refractivity contribution in [2.45, 2.75) is 44.1 Å². The Kier molecular flexibility index (Phi) is 6.19. The second-order valence-electron chi connectivity index (χ2n) is 7.28. The van der Waals surface area contributed by atoms with Crippen LogP contribution in [0.15, 0.2) is 63.9 Å². The molecule has 0 unspecified atom stereocenters. The Labute approximate surface area is 151 Å². The lowest BCUT2D eigenvalue weighted by Crippen LogP contribution is -2.26. The molecule has 0 atom stereocenters. The first-order valence-corrected chi connectivity index (χ1v) is 13.4. The van der Waals surface area contributed by atoms with E-state index in [4.69, 9.17) is 4.74 Å². The van der Waals surface area contributed by atoms with E-state index >= 15 is 0 Å². The highest BCUT2D eigenvalue weighted by Crippen LogP contribution is 2.18. The van der Waals surface area contributed by atoms with Gasteiger partial charge in [-0.25, -0.2) is 0 Å². The molecule has 0 spiro atoms. The molecule has 0 aliphatic heterocycles. The molecule has 0 saturated carbocycles. The van der Waals surface area contributed by atoms with Gasteiger partial charge in [-0.15, -0.1) is 4.40 Å². The first kappa shape index (κ1) is 19.4. The summed E-state index contributed by atoms with van der Waals surface area (Å²) >= 11 is 0. The van der Waals surface area contributed by atoms with Crippen LogP contribution in [0.3, 0.4) is 0 Å². The zero-order valence-corrected chi connectivity index (χ0v) is 17.0. The van der Waals surface area contributed by atoms with E-state index in [9.17, 15) is 8.42 Å². The zero-order valence-electron chi connectivity index (χ0n) is 15.2. The molecule has 0 aromatic heterocycles. The minimum atomic E-state index is -3.77. The highest BCUT2D eigenvalue weighted by Gasteiger charge is 2.22. The van der Waals surface area contributed by atoms with Gasteiger partial charge in [0.1, 0.15) is 6.61 Å². The molecule has 0 fully saturated rings. The Morgan fingerprint density at radius 3 is 2.16 bits per heavy atom. The molecule has 134 valence electrons. The van der Waals surface area contributed by atoms with Gasteiger partial charge in [-0.3, -0.25) is 0 Å². The third-order valence-corrected chi connectivity index (χ3v) is 6.15. The molecule has 6 heteroatoms. The summed E-state index contributed by atoms with van der Waals surface area (Å²) in [6.45, 7) is 8.71. The van der Waals surface area contributed by atoms with Gasteiger partial charge in [0.25, 0.3) is 10.0 Å². The molecule has 0 amide bonds. The second-order valence-corrected chi connectivity index (χ2v) is 14.4. The maximum absolute atomic E-state index is 12.6. The summed E-state index contributed by atoms with van der Waals surface area (Å²) in [6.07, 6.45) is 0. The average molecular weight is 376 g/mol. The van der Waals surface area contributed by atoms with Gasteiger partial charge in [0, 0.05) is 6.04 Å². The number of aryl methyl sites for hydroxylation is 1. The smallest absolute Gasteiger partial charge is 0.285 e. The van der Waals surface area contributed by atoms with Gasteiger partial charge in [0.05, 0.1) is 13.0 Å². The van der Waals surface area contributed by atoms with Crippen LogP contribution in [0.4, 0.5) is 0 Å². The van der Waals surface area contributed by atoms with Gasteiger partial charge in [-0.2, -0.15) is 8.42 Å². The van der Waals surface area contributed by atoms with E-state index in [0.717, 1.165) is 11.1 Å². The predicted octanol–water partition coefficient (Wildman–Crippen LogP) is 4.64. The molecular weight excluding hydrogens is 350 g/mol. The largest absolute Gasteiger partial charge is 0.476 e. The molecular formula is C19H25NO3SSi. The fourth-order valence-corrected chi connectivity index (χ4v) is 4.38. The summed E-state index contributed by atoms with van der Waals surface area (Å²) in [5.74, 6) is 0.295. The Bertz CT molecular complexity index is 823. The molecule has 4 nitrogen and oxygen atoms in total. The van der Waals surface area contributed by atoms with Gasteiger partial charge in [-0.1, -0.05) is 67.7 Å². The Hall–Kier alpha value is -1.92. The molecule has 2 rings (SSSR count). The number of benzene rings is 2. The van der Waals surface area contributed by atoms with Crippen molar-refractivity contribution < 1.29 is 13.2 Å². The normalized spacial score (nSPS) is 12.9. The maximum Gasteiger partial charge on any atom is 0.285 e. The van der Waals surface area contributed by atoms with E-state index in [-0.39, 0.29) is 4.90 Å². The van der Waals surface area contributed by atoms with Crippen molar-refractivity contribution in [1.29, 1.82) is 0 Å². The summed E-state index contributed by atoms with van der Waals surface area (Å²) in [6, 6.07) is 17.0. The van der Waals surface area contributed by atoms with Crippen LogP contribution in [-0.4, -0.2) is 22.4 Å². The van der Waals surface area contributed by atoms with Crippen LogP contribution >= 0.6 is 0 Å². The summed E-state index contributed by atoms with van der Waals surface area (Å²) < 4.78 is 35.0. The number of ether oxygens (including phenoxy) is 1. The molecule has 25 heavy (non-hydrogen) atoms. The van der Waals surface area contributed by atoms with E-state index in [1.807, 2.05) is 37.3 Å². The molecule has 2 aromatic rings. The quantitative estimate of drug-likeness (QED) is 0.420. The maximum atomic E-state index is 12.6. The SMILES string of the molecule is Cc1ccc(S(=O)(=O)/N=C(/C[Si](C)(C)C)OCc2ccccc2)cc1. The minimum absolute atomic E-state index is 0.189. The first-order valence-electron chi connectivity index (χ1n) is 8.23. The highest BCUT2D eigenvalue weighted by molar-refractivity contribution is 7.90. The van der Waals surface area contributed by atoms with Crippen LogP contribution in [0.5, 0.6) is 0 Å². The van der Waals surface area contributed by atoms with E-state index < -0.39 is 18.1 Å². The lowest BCUT2D eigenvalue weighted by molar-refractivity contribution is 0.290.